The highest BCUT2D eigenvalue weighted by Gasteiger charge is 2.48. The van der Waals surface area contributed by atoms with Crippen LogP contribution in [0, 0.1) is 0 Å². The van der Waals surface area contributed by atoms with Crippen LogP contribution >= 0.6 is 0 Å². The first-order valence-corrected chi connectivity index (χ1v) is 9.27. The van der Waals surface area contributed by atoms with Crippen LogP contribution in [0.25, 0.3) is 0 Å². The molecule has 3 aromatic rings. The molecule has 0 bridgehead atoms. The summed E-state index contributed by atoms with van der Waals surface area (Å²) >= 11 is 0. The molecule has 0 heterocycles. The van der Waals surface area contributed by atoms with E-state index in [2.05, 4.69) is 38.1 Å². The number of Topliss-reactive ketones (excluding diaryl/α,β-unsaturated/α-hetero) is 1. The Labute approximate surface area is 163 Å². The summed E-state index contributed by atoms with van der Waals surface area (Å²) in [4.78, 5) is 15.6. The van der Waals surface area contributed by atoms with E-state index < -0.39 is 4.75 Å². The largest absolute Gasteiger partial charge is 1.00 e. The molecule has 0 saturated heterocycles. The molecule has 0 unspecified atom stereocenters. The Kier molecular flexibility index (Phi) is 6.63. The fourth-order valence-corrected chi connectivity index (χ4v) is 5.48. The van der Waals surface area contributed by atoms with Gasteiger partial charge in [0.15, 0.2) is 14.5 Å². The molecule has 0 atom stereocenters. The standard InChI is InChI=1S/C22H21OS.BrH/c1-22(2,21(23)18-12-6-3-7-13-18)24(19-14-8-4-9-15-19)20-16-10-5-11-17-20;/h3-17H,1-2H3;1H/q+1;/p-1. The van der Waals surface area contributed by atoms with Crippen LogP contribution in [0.15, 0.2) is 101 Å². The Balaban J connectivity index is 0.00000225. The Bertz CT molecular complexity index is 762. The van der Waals surface area contributed by atoms with E-state index in [1.54, 1.807) is 0 Å². The van der Waals surface area contributed by atoms with Crippen molar-refractivity contribution in [2.75, 3.05) is 0 Å². The average Bonchev–Trinajstić information content (AvgIpc) is 2.63. The van der Waals surface area contributed by atoms with E-state index >= 15 is 0 Å². The zero-order valence-corrected chi connectivity index (χ0v) is 16.8. The lowest BCUT2D eigenvalue weighted by Gasteiger charge is -2.24. The first-order chi connectivity index (χ1) is 11.6. The van der Waals surface area contributed by atoms with Crippen molar-refractivity contribution >= 4 is 16.7 Å². The lowest BCUT2D eigenvalue weighted by molar-refractivity contribution is -0.0000122. The van der Waals surface area contributed by atoms with Crippen LogP contribution < -0.4 is 17.0 Å². The molecule has 0 aromatic heterocycles. The van der Waals surface area contributed by atoms with Crippen molar-refractivity contribution in [2.24, 2.45) is 0 Å². The third-order valence-electron chi connectivity index (χ3n) is 4.05. The predicted octanol–water partition coefficient (Wildman–Crippen LogP) is 2.39. The van der Waals surface area contributed by atoms with Gasteiger partial charge < -0.3 is 17.0 Å². The number of halogens is 1. The van der Waals surface area contributed by atoms with Crippen LogP contribution in [0.1, 0.15) is 24.2 Å². The van der Waals surface area contributed by atoms with Gasteiger partial charge in [0.1, 0.15) is 0 Å². The summed E-state index contributed by atoms with van der Waals surface area (Å²) in [5.41, 5.74) is 0.770. The first-order valence-electron chi connectivity index (χ1n) is 8.05. The van der Waals surface area contributed by atoms with E-state index in [9.17, 15) is 4.79 Å². The lowest BCUT2D eigenvalue weighted by Crippen LogP contribution is -3.00. The highest BCUT2D eigenvalue weighted by Crippen LogP contribution is 2.36. The number of hydrogen-bond acceptors (Lipinski definition) is 1. The smallest absolute Gasteiger partial charge is 0.218 e. The molecule has 0 aliphatic carbocycles. The van der Waals surface area contributed by atoms with E-state index in [0.29, 0.717) is 0 Å². The van der Waals surface area contributed by atoms with Crippen molar-refractivity contribution in [2.45, 2.75) is 28.4 Å². The van der Waals surface area contributed by atoms with E-state index in [4.69, 9.17) is 0 Å². The Morgan fingerprint density at radius 1 is 0.680 bits per heavy atom. The monoisotopic (exact) mass is 412 g/mol. The van der Waals surface area contributed by atoms with Crippen LogP contribution in [-0.4, -0.2) is 10.5 Å². The summed E-state index contributed by atoms with van der Waals surface area (Å²) in [6.07, 6.45) is 0. The molecule has 0 amide bonds. The van der Waals surface area contributed by atoms with Crippen LogP contribution in [0.4, 0.5) is 0 Å². The predicted molar refractivity (Wildman–Crippen MR) is 102 cm³/mol. The van der Waals surface area contributed by atoms with Crippen LogP contribution in [-0.2, 0) is 10.9 Å². The molecule has 0 radical (unpaired) electrons. The van der Waals surface area contributed by atoms with E-state index in [-0.39, 0.29) is 33.7 Å². The molecule has 0 N–H and O–H groups in total. The molecule has 3 aromatic carbocycles. The molecule has 1 nitrogen and oxygen atoms in total. The summed E-state index contributed by atoms with van der Waals surface area (Å²) in [5.74, 6) is 0.180. The van der Waals surface area contributed by atoms with Crippen molar-refractivity contribution in [1.82, 2.24) is 0 Å². The molecule has 3 heteroatoms. The summed E-state index contributed by atoms with van der Waals surface area (Å²) in [5, 5.41) is 0. The Morgan fingerprint density at radius 3 is 1.44 bits per heavy atom. The second kappa shape index (κ2) is 8.50. The van der Waals surface area contributed by atoms with Crippen LogP contribution in [0.2, 0.25) is 0 Å². The van der Waals surface area contributed by atoms with Gasteiger partial charge in [-0.15, -0.1) is 0 Å². The van der Waals surface area contributed by atoms with Crippen molar-refractivity contribution < 1.29 is 21.8 Å². The minimum Gasteiger partial charge on any atom is -1.00 e. The summed E-state index contributed by atoms with van der Waals surface area (Å²) < 4.78 is -0.524. The number of benzene rings is 3. The second-order valence-electron chi connectivity index (χ2n) is 6.14. The van der Waals surface area contributed by atoms with Gasteiger partial charge in [0.25, 0.3) is 0 Å². The maximum Gasteiger partial charge on any atom is 0.218 e. The molecule has 0 spiro atoms. The number of carbonyl (C=O) groups is 1. The summed E-state index contributed by atoms with van der Waals surface area (Å²) in [6.45, 7) is 4.12. The Morgan fingerprint density at radius 2 is 1.04 bits per heavy atom. The molecule has 0 aliphatic heterocycles. The third kappa shape index (κ3) is 4.23. The minimum atomic E-state index is -0.524. The second-order valence-corrected chi connectivity index (χ2v) is 8.71. The van der Waals surface area contributed by atoms with Crippen molar-refractivity contribution in [1.29, 1.82) is 0 Å². The third-order valence-corrected chi connectivity index (χ3v) is 6.74. The number of ketones is 1. The van der Waals surface area contributed by atoms with Gasteiger partial charge in [-0.05, 0) is 38.1 Å². The zero-order chi connectivity index (χ0) is 17.0. The normalized spacial score (nSPS) is 11.0. The minimum absolute atomic E-state index is 0. The zero-order valence-electron chi connectivity index (χ0n) is 14.4. The van der Waals surface area contributed by atoms with Gasteiger partial charge in [-0.1, -0.05) is 66.7 Å². The molecule has 0 saturated carbocycles. The topological polar surface area (TPSA) is 17.1 Å². The quantitative estimate of drug-likeness (QED) is 0.464. The van der Waals surface area contributed by atoms with Gasteiger partial charge in [0.05, 0.1) is 10.9 Å². The van der Waals surface area contributed by atoms with Gasteiger partial charge >= 0.3 is 0 Å². The van der Waals surface area contributed by atoms with Gasteiger partial charge in [-0.3, -0.25) is 4.79 Å². The molecular formula is C22H21BrOS. The number of carbonyl (C=O) groups excluding carboxylic acids is 1. The molecule has 3 rings (SSSR count). The van der Waals surface area contributed by atoms with Crippen molar-refractivity contribution in [3.05, 3.63) is 96.6 Å². The molecular weight excluding hydrogens is 392 g/mol. The van der Waals surface area contributed by atoms with E-state index in [0.717, 1.165) is 5.56 Å². The van der Waals surface area contributed by atoms with Gasteiger partial charge in [0, 0.05) is 5.56 Å². The molecule has 0 fully saturated rings. The SMILES string of the molecule is CC(C)(C(=O)c1ccccc1)[S+](c1ccccc1)c1ccccc1.[Br-]. The highest BCUT2D eigenvalue weighted by atomic mass is 79.9. The number of hydrogen-bond donors (Lipinski definition) is 0. The summed E-state index contributed by atoms with van der Waals surface area (Å²) in [7, 11) is -0.342. The van der Waals surface area contributed by atoms with Crippen LogP contribution in [0.3, 0.4) is 0 Å². The molecule has 128 valence electrons. The first kappa shape index (κ1) is 19.5. The van der Waals surface area contributed by atoms with E-state index in [1.807, 2.05) is 66.7 Å². The fraction of sp³-hybridized carbons (Fsp3) is 0.136. The average molecular weight is 413 g/mol. The maximum absolute atomic E-state index is 13.3. The summed E-state index contributed by atoms with van der Waals surface area (Å²) in [6, 6.07) is 30.3. The highest BCUT2D eigenvalue weighted by molar-refractivity contribution is 7.99. The molecule has 25 heavy (non-hydrogen) atoms. The fourth-order valence-electron chi connectivity index (χ4n) is 2.87. The lowest BCUT2D eigenvalue weighted by atomic mass is 10.0. The van der Waals surface area contributed by atoms with E-state index in [1.165, 1.54) is 9.79 Å². The number of rotatable bonds is 5. The van der Waals surface area contributed by atoms with Gasteiger partial charge in [0.2, 0.25) is 5.78 Å². The molecule has 0 aliphatic rings. The van der Waals surface area contributed by atoms with Gasteiger partial charge in [-0.25, -0.2) is 0 Å². The van der Waals surface area contributed by atoms with Crippen LogP contribution in [0.5, 0.6) is 0 Å². The van der Waals surface area contributed by atoms with Gasteiger partial charge in [-0.2, -0.15) is 0 Å². The Hall–Kier alpha value is -1.84. The maximum atomic E-state index is 13.3. The van der Waals surface area contributed by atoms with Crippen molar-refractivity contribution in [3.63, 3.8) is 0 Å². The van der Waals surface area contributed by atoms with Crippen molar-refractivity contribution in [3.8, 4) is 0 Å².